The average Bonchev–Trinajstić information content (AvgIpc) is 3.84. The van der Waals surface area contributed by atoms with Crippen molar-refractivity contribution < 1.29 is 72.6 Å². The predicted molar refractivity (Wildman–Crippen MR) is 262 cm³/mol. The fourth-order valence-electron chi connectivity index (χ4n) is 8.96. The van der Waals surface area contributed by atoms with E-state index in [-0.39, 0.29) is 44.2 Å². The quantitative estimate of drug-likeness (QED) is 0.0355. The van der Waals surface area contributed by atoms with Crippen molar-refractivity contribution in [1.29, 1.82) is 5.26 Å². The van der Waals surface area contributed by atoms with E-state index in [1.807, 2.05) is 78.0 Å². The number of nitriles is 1. The molecule has 2 unspecified atom stereocenters. The molecule has 2 fully saturated rings. The minimum atomic E-state index is -5.15. The lowest BCUT2D eigenvalue weighted by molar-refractivity contribution is -0.334. The number of carbonyl (C=O) groups is 1. The number of phosphoric ester groups is 1. The number of phosphoric acid groups is 1. The van der Waals surface area contributed by atoms with Crippen LogP contribution >= 0.6 is 7.82 Å². The molecule has 3 heterocycles. The van der Waals surface area contributed by atoms with Gasteiger partial charge in [-0.3, -0.25) is 9.32 Å². The van der Waals surface area contributed by atoms with Crippen molar-refractivity contribution in [1.82, 2.24) is 15.2 Å². The molecule has 0 aliphatic carbocycles. The van der Waals surface area contributed by atoms with Crippen LogP contribution < -0.4 is 5.32 Å². The molecule has 0 aromatic carbocycles. The number of likely N-dealkylation sites (N-methyl/N-ethyl adjacent to an activating group) is 1. The molecule has 19 nitrogen and oxygen atoms in total. The van der Waals surface area contributed by atoms with Crippen molar-refractivity contribution in [3.63, 3.8) is 0 Å². The summed E-state index contributed by atoms with van der Waals surface area (Å²) >= 11 is 0. The molecule has 8 N–H and O–H groups in total. The highest BCUT2D eigenvalue weighted by molar-refractivity contribution is 7.46. The molecule has 1 spiro atoms. The highest BCUT2D eigenvalue weighted by Gasteiger charge is 2.68. The summed E-state index contributed by atoms with van der Waals surface area (Å²) in [7, 11) is 1.12. The monoisotopic (exact) mass is 1010 g/mol. The number of oxazole rings is 1. The summed E-state index contributed by atoms with van der Waals surface area (Å²) in [6.45, 7) is 16.6. The minimum Gasteiger partial charge on any atom is -0.448 e. The Balaban J connectivity index is 1.74. The van der Waals surface area contributed by atoms with E-state index in [2.05, 4.69) is 10.3 Å². The van der Waals surface area contributed by atoms with Crippen LogP contribution in [0.25, 0.3) is 6.08 Å². The van der Waals surface area contributed by atoms with Crippen LogP contribution in [0, 0.1) is 34.5 Å². The smallest absolute Gasteiger partial charge is 0.448 e. The summed E-state index contributed by atoms with van der Waals surface area (Å²) in [6, 6.07) is 1.40. The van der Waals surface area contributed by atoms with E-state index in [0.29, 0.717) is 18.0 Å². The van der Waals surface area contributed by atoms with E-state index >= 15 is 0 Å². The van der Waals surface area contributed by atoms with E-state index < -0.39 is 97.7 Å². The minimum absolute atomic E-state index is 0.0645. The topological polar surface area (TPSA) is 287 Å². The zero-order valence-corrected chi connectivity index (χ0v) is 44.0. The van der Waals surface area contributed by atoms with Gasteiger partial charge in [0, 0.05) is 68.8 Å². The van der Waals surface area contributed by atoms with Crippen LogP contribution in [0.2, 0.25) is 0 Å². The first kappa shape index (κ1) is 60.9. The van der Waals surface area contributed by atoms with Gasteiger partial charge in [-0.05, 0) is 64.9 Å². The number of hydrogen-bond donors (Lipinski definition) is 8. The number of rotatable bonds is 26. The van der Waals surface area contributed by atoms with Gasteiger partial charge in [-0.15, -0.1) is 0 Å². The van der Waals surface area contributed by atoms with Gasteiger partial charge in [-0.1, -0.05) is 77.5 Å². The first-order valence-corrected chi connectivity index (χ1v) is 25.4. The summed E-state index contributed by atoms with van der Waals surface area (Å²) in [6.07, 6.45) is 4.10. The lowest BCUT2D eigenvalue weighted by Crippen LogP contribution is -2.58. The van der Waals surface area contributed by atoms with Gasteiger partial charge in [0.2, 0.25) is 0 Å². The Morgan fingerprint density at radius 2 is 1.76 bits per heavy atom. The molecule has 396 valence electrons. The lowest BCUT2D eigenvalue weighted by Gasteiger charge is -2.50. The maximum Gasteiger partial charge on any atom is 0.469 e. The third kappa shape index (κ3) is 16.3. The number of carbonyl (C=O) groups excluding carboxylic acids is 1. The number of ether oxygens (including phenoxy) is 4. The molecule has 2 aliphatic heterocycles. The Kier molecular flexibility index (Phi) is 23.5. The number of methoxy groups -OCH3 is 2. The van der Waals surface area contributed by atoms with Gasteiger partial charge in [0.05, 0.1) is 49.2 Å². The molecule has 2 aliphatic rings. The van der Waals surface area contributed by atoms with Gasteiger partial charge < -0.3 is 68.9 Å². The molecule has 0 radical (unpaired) electrons. The Bertz CT molecular complexity index is 2080. The molecule has 1 aromatic rings. The van der Waals surface area contributed by atoms with Gasteiger partial charge >= 0.3 is 7.82 Å². The summed E-state index contributed by atoms with van der Waals surface area (Å²) in [5.41, 5.74) is 1.87. The second kappa shape index (κ2) is 27.0. The maximum atomic E-state index is 12.6. The number of aliphatic hydroxyl groups is 5. The van der Waals surface area contributed by atoms with Gasteiger partial charge in [-0.2, -0.15) is 5.26 Å². The fraction of sp³-hybridized carbons (Fsp3) is 0.700. The largest absolute Gasteiger partial charge is 0.469 e. The zero-order chi connectivity index (χ0) is 52.9. The number of aromatic nitrogens is 1. The van der Waals surface area contributed by atoms with Crippen molar-refractivity contribution in [3.05, 3.63) is 71.0 Å². The van der Waals surface area contributed by atoms with Gasteiger partial charge in [0.25, 0.3) is 5.91 Å². The van der Waals surface area contributed by atoms with Crippen molar-refractivity contribution in [2.75, 3.05) is 41.5 Å². The highest BCUT2D eigenvalue weighted by atomic mass is 31.2. The fourth-order valence-corrected chi connectivity index (χ4v) is 9.64. The number of amides is 1. The molecule has 2 saturated heterocycles. The van der Waals surface area contributed by atoms with Crippen LogP contribution in [0.3, 0.4) is 0 Å². The number of allylic oxidation sites excluding steroid dienone is 7. The number of nitrogens with zero attached hydrogens (tertiary/aromatic N) is 3. The van der Waals surface area contributed by atoms with Crippen LogP contribution in [0.15, 0.2) is 63.9 Å². The Hall–Kier alpha value is -3.42. The normalized spacial score (nSPS) is 27.6. The van der Waals surface area contributed by atoms with E-state index in [4.69, 9.17) is 33.2 Å². The van der Waals surface area contributed by atoms with Crippen molar-refractivity contribution in [2.45, 2.75) is 161 Å². The molecule has 15 atom stereocenters. The Morgan fingerprint density at radius 3 is 2.36 bits per heavy atom. The van der Waals surface area contributed by atoms with E-state index in [0.717, 1.165) is 16.7 Å². The van der Waals surface area contributed by atoms with Crippen molar-refractivity contribution in [2.24, 2.45) is 23.2 Å². The number of hydrogen-bond acceptors (Lipinski definition) is 16. The van der Waals surface area contributed by atoms with Crippen LogP contribution in [-0.2, 0) is 32.8 Å². The Labute approximate surface area is 414 Å². The van der Waals surface area contributed by atoms with E-state index in [1.165, 1.54) is 26.6 Å². The highest BCUT2D eigenvalue weighted by Crippen LogP contribution is 2.59. The van der Waals surface area contributed by atoms with Gasteiger partial charge in [0.15, 0.2) is 17.8 Å². The molecule has 1 aromatic heterocycles. The lowest BCUT2D eigenvalue weighted by atomic mass is 9.72. The van der Waals surface area contributed by atoms with Crippen LogP contribution in [-0.4, -0.2) is 159 Å². The average molecular weight is 1010 g/mol. The molecular weight excluding hydrogens is 928 g/mol. The third-order valence-corrected chi connectivity index (χ3v) is 14.5. The third-order valence-electron chi connectivity index (χ3n) is 14.0. The molecule has 0 bridgehead atoms. The van der Waals surface area contributed by atoms with Crippen LogP contribution in [0.4, 0.5) is 0 Å². The van der Waals surface area contributed by atoms with E-state index in [9.17, 15) is 44.7 Å². The van der Waals surface area contributed by atoms with Gasteiger partial charge in [0.1, 0.15) is 30.3 Å². The van der Waals surface area contributed by atoms with E-state index in [1.54, 1.807) is 45.8 Å². The predicted octanol–water partition coefficient (Wildman–Crippen LogP) is 4.69. The maximum absolute atomic E-state index is 12.6. The van der Waals surface area contributed by atoms with Crippen LogP contribution in [0.1, 0.15) is 105 Å². The zero-order valence-electron chi connectivity index (χ0n) is 43.1. The SMILES string of the molecule is COCC([C@@H](O)[C@@H](O)C(=O)NCC[C@@H](C)c1nc(/C=C/C[C@H]2O[C@@]3(C[C@H](O)[C@H]2C)OC([C@@H](C[C@@H](O)[C@@H](C)[C@@H](O)[C@@H](C)/C=C(C)/C(C)=C/C=C/C(C)=C\C#N)OC)[C@@H](OP(=O)(O)O)C3(C)C)co1)N(C)C. The second-order valence-corrected chi connectivity index (χ2v) is 21.1. The van der Waals surface area contributed by atoms with Crippen molar-refractivity contribution in [3.8, 4) is 6.07 Å². The first-order valence-electron chi connectivity index (χ1n) is 23.8. The summed E-state index contributed by atoms with van der Waals surface area (Å²) in [5, 5.41) is 67.1. The standard InChI is InChI=1S/C50H81N4O15P/c1-29(20-22-51)16-14-17-30(2)32(4)24-33(5)42(57)35(7)38(55)25-41(65-13)45-46(69-70(61,62)63)49(8,9)50(68-45)26-39(56)34(6)40(67-50)19-15-18-36-27-66-48(53-36)31(3)21-23-52-47(60)44(59)43(58)37(28-64-12)54(10)11/h14-18,20,24,27,31,33-35,37-46,55-59H,19,21,23,25-26,28H2,1-13H3,(H,52,60)(H2,61,62,63)/b16-14+,18-15+,29-20-,30-17+,32-24+/t31-,33+,34-,35-,37?,38-,39+,40-,41-,42+,43-,44-,45?,46-,50+/m1/s1. The van der Waals surface area contributed by atoms with Gasteiger partial charge in [-0.25, -0.2) is 9.55 Å². The van der Waals surface area contributed by atoms with Crippen LogP contribution in [0.5, 0.6) is 0 Å². The molecule has 20 heteroatoms. The summed E-state index contributed by atoms with van der Waals surface area (Å²) < 4.78 is 48.2. The summed E-state index contributed by atoms with van der Waals surface area (Å²) in [5.74, 6) is -3.63. The number of aliphatic hydroxyl groups excluding tert-OH is 5. The molecule has 3 rings (SSSR count). The Morgan fingerprint density at radius 1 is 1.09 bits per heavy atom. The number of nitrogens with one attached hydrogen (secondary N) is 1. The molecule has 1 amide bonds. The molecule has 0 saturated carbocycles. The molecular formula is C50H81N4O15P. The summed E-state index contributed by atoms with van der Waals surface area (Å²) in [4.78, 5) is 39.2. The first-order chi connectivity index (χ1) is 32.6. The second-order valence-electron chi connectivity index (χ2n) is 19.9. The van der Waals surface area contributed by atoms with Crippen molar-refractivity contribution >= 4 is 19.8 Å². The molecule has 70 heavy (non-hydrogen) atoms.